The van der Waals surface area contributed by atoms with Crippen LogP contribution in [0.15, 0.2) is 224 Å². The Morgan fingerprint density at radius 1 is 0.348 bits per heavy atom. The molecule has 0 unspecified atom stereocenters. The topological polar surface area (TPSA) is 48.5 Å². The van der Waals surface area contributed by atoms with Gasteiger partial charge >= 0.3 is 0 Å². The molecular weight excluding hydrogens is 839 g/mol. The molecule has 3 aromatic heterocycles. The number of rotatable bonds is 6. The fourth-order valence-electron chi connectivity index (χ4n) is 11.3. The Balaban J connectivity index is 1.01. The van der Waals surface area contributed by atoms with Crippen molar-refractivity contribution < 1.29 is 0 Å². The smallest absolute Gasteiger partial charge is 0.238 e. The van der Waals surface area contributed by atoms with E-state index in [1.807, 2.05) is 24.3 Å². The van der Waals surface area contributed by atoms with Gasteiger partial charge < -0.3 is 4.57 Å². The van der Waals surface area contributed by atoms with E-state index in [0.29, 0.717) is 17.6 Å². The molecule has 5 heteroatoms. The highest BCUT2D eigenvalue weighted by atomic mass is 15.2. The quantitative estimate of drug-likeness (QED) is 0.167. The van der Waals surface area contributed by atoms with E-state index in [1.165, 1.54) is 43.9 Å². The van der Waals surface area contributed by atoms with E-state index in [2.05, 4.69) is 223 Å². The molecule has 69 heavy (non-hydrogen) atoms. The summed E-state index contributed by atoms with van der Waals surface area (Å²) >= 11 is 0. The van der Waals surface area contributed by atoms with Gasteiger partial charge in [-0.2, -0.15) is 9.97 Å². The lowest BCUT2D eigenvalue weighted by molar-refractivity contribution is 0.660. The summed E-state index contributed by atoms with van der Waals surface area (Å²) in [7, 11) is 0. The summed E-state index contributed by atoms with van der Waals surface area (Å²) < 4.78 is 4.73. The van der Waals surface area contributed by atoms with Gasteiger partial charge in [0.25, 0.3) is 0 Å². The molecule has 3 heterocycles. The first kappa shape index (κ1) is 39.3. The van der Waals surface area contributed by atoms with Crippen molar-refractivity contribution in [3.63, 3.8) is 0 Å². The van der Waals surface area contributed by atoms with Crippen molar-refractivity contribution in [3.05, 3.63) is 236 Å². The average Bonchev–Trinajstić information content (AvgIpc) is 4.00. The second kappa shape index (κ2) is 15.0. The lowest BCUT2D eigenvalue weighted by atomic mass is 9.82. The molecular formula is C64H43N5. The molecule has 5 nitrogen and oxygen atoms in total. The third-order valence-corrected chi connectivity index (χ3v) is 14.6. The Morgan fingerprint density at radius 2 is 0.884 bits per heavy atom. The van der Waals surface area contributed by atoms with Gasteiger partial charge in [0.15, 0.2) is 11.6 Å². The standard InChI is InChI=1S/C64H43N5/c1-64(2)54-26-14-11-23-48(54)49-35-34-46(39-55(49)64)68-56-27-15-12-24-50(56)52-38-45(33-36-58(52)68)59-47-22-10-9-21-44(47)37-53-51-25-13-16-28-57(51)69(60(53)59)63-66-61(42-19-7-4-8-20-42)65-62(67-63)43-31-29-41(30-32-43)40-17-5-3-6-18-40/h3-39H,1-2H3. The zero-order valence-electron chi connectivity index (χ0n) is 38.1. The Bertz CT molecular complexity index is 4200. The molecule has 0 amide bonds. The maximum absolute atomic E-state index is 5.40. The monoisotopic (exact) mass is 881 g/mol. The highest BCUT2D eigenvalue weighted by Gasteiger charge is 2.35. The molecule has 0 bridgehead atoms. The normalized spacial score (nSPS) is 12.9. The zero-order valence-corrected chi connectivity index (χ0v) is 38.1. The Kier molecular flexibility index (Phi) is 8.56. The minimum Gasteiger partial charge on any atom is -0.309 e. The van der Waals surface area contributed by atoms with Crippen molar-refractivity contribution in [1.82, 2.24) is 24.1 Å². The third kappa shape index (κ3) is 6.00. The van der Waals surface area contributed by atoms with Crippen LogP contribution in [0.4, 0.5) is 0 Å². The predicted octanol–water partition coefficient (Wildman–Crippen LogP) is 16.2. The Morgan fingerprint density at radius 3 is 1.64 bits per heavy atom. The molecule has 0 atom stereocenters. The van der Waals surface area contributed by atoms with Gasteiger partial charge in [0, 0.05) is 49.3 Å². The zero-order chi connectivity index (χ0) is 45.8. The largest absolute Gasteiger partial charge is 0.309 e. The molecule has 10 aromatic carbocycles. The molecule has 1 aliphatic carbocycles. The van der Waals surface area contributed by atoms with Crippen LogP contribution < -0.4 is 0 Å². The van der Waals surface area contributed by atoms with Crippen molar-refractivity contribution in [3.8, 4) is 67.8 Å². The second-order valence-corrected chi connectivity index (χ2v) is 18.8. The number of benzene rings is 10. The first-order valence-corrected chi connectivity index (χ1v) is 23.7. The van der Waals surface area contributed by atoms with Crippen LogP contribution in [0.25, 0.3) is 122 Å². The van der Waals surface area contributed by atoms with E-state index in [0.717, 1.165) is 71.8 Å². The number of para-hydroxylation sites is 2. The van der Waals surface area contributed by atoms with Crippen molar-refractivity contribution >= 4 is 54.4 Å². The summed E-state index contributed by atoms with van der Waals surface area (Å²) in [6, 6.07) is 80.8. The number of hydrogen-bond acceptors (Lipinski definition) is 3. The first-order valence-electron chi connectivity index (χ1n) is 23.7. The molecule has 13 aromatic rings. The van der Waals surface area contributed by atoms with Crippen LogP contribution in [-0.4, -0.2) is 24.1 Å². The van der Waals surface area contributed by atoms with Crippen LogP contribution in [-0.2, 0) is 5.41 Å². The summed E-state index contributed by atoms with van der Waals surface area (Å²) in [6.07, 6.45) is 0. The maximum atomic E-state index is 5.40. The molecule has 0 saturated carbocycles. The van der Waals surface area contributed by atoms with Gasteiger partial charge in [-0.15, -0.1) is 0 Å². The van der Waals surface area contributed by atoms with E-state index in [4.69, 9.17) is 15.0 Å². The van der Waals surface area contributed by atoms with Gasteiger partial charge in [-0.25, -0.2) is 4.98 Å². The lowest BCUT2D eigenvalue weighted by Crippen LogP contribution is -2.15. The van der Waals surface area contributed by atoms with Crippen LogP contribution in [0, 0.1) is 0 Å². The summed E-state index contributed by atoms with van der Waals surface area (Å²) in [5.41, 5.74) is 17.3. The van der Waals surface area contributed by atoms with Gasteiger partial charge in [-0.05, 0) is 92.2 Å². The van der Waals surface area contributed by atoms with Crippen LogP contribution in [0.3, 0.4) is 0 Å². The molecule has 324 valence electrons. The van der Waals surface area contributed by atoms with Gasteiger partial charge in [0.05, 0.1) is 22.1 Å². The van der Waals surface area contributed by atoms with E-state index in [1.54, 1.807) is 0 Å². The number of fused-ring (bicyclic) bond motifs is 10. The molecule has 0 radical (unpaired) electrons. The second-order valence-electron chi connectivity index (χ2n) is 18.8. The van der Waals surface area contributed by atoms with E-state index < -0.39 is 0 Å². The summed E-state index contributed by atoms with van der Waals surface area (Å²) in [4.78, 5) is 15.9. The van der Waals surface area contributed by atoms with E-state index in [-0.39, 0.29) is 5.41 Å². The van der Waals surface area contributed by atoms with Crippen LogP contribution in [0.5, 0.6) is 0 Å². The summed E-state index contributed by atoms with van der Waals surface area (Å²) in [5, 5.41) is 7.01. The van der Waals surface area contributed by atoms with Gasteiger partial charge in [-0.3, -0.25) is 4.57 Å². The minimum atomic E-state index is -0.111. The fraction of sp³-hybridized carbons (Fsp3) is 0.0469. The molecule has 0 aliphatic heterocycles. The van der Waals surface area contributed by atoms with Crippen molar-refractivity contribution in [2.24, 2.45) is 0 Å². The van der Waals surface area contributed by atoms with Gasteiger partial charge in [-0.1, -0.05) is 196 Å². The van der Waals surface area contributed by atoms with Gasteiger partial charge in [0.1, 0.15) is 0 Å². The lowest BCUT2D eigenvalue weighted by Gasteiger charge is -2.22. The molecule has 14 rings (SSSR count). The minimum absolute atomic E-state index is 0.111. The average molecular weight is 882 g/mol. The predicted molar refractivity (Wildman–Crippen MR) is 285 cm³/mol. The van der Waals surface area contributed by atoms with Gasteiger partial charge in [0.2, 0.25) is 5.95 Å². The van der Waals surface area contributed by atoms with Crippen molar-refractivity contribution in [2.45, 2.75) is 19.3 Å². The maximum Gasteiger partial charge on any atom is 0.238 e. The fourth-order valence-corrected chi connectivity index (χ4v) is 11.3. The van der Waals surface area contributed by atoms with E-state index in [9.17, 15) is 0 Å². The van der Waals surface area contributed by atoms with E-state index >= 15 is 0 Å². The Hall–Kier alpha value is -8.93. The highest BCUT2D eigenvalue weighted by molar-refractivity contribution is 6.22. The number of aromatic nitrogens is 5. The van der Waals surface area contributed by atoms with Crippen LogP contribution in [0.2, 0.25) is 0 Å². The molecule has 0 fully saturated rings. The third-order valence-electron chi connectivity index (χ3n) is 14.6. The molecule has 0 spiro atoms. The molecule has 0 saturated heterocycles. The molecule has 1 aliphatic rings. The summed E-state index contributed by atoms with van der Waals surface area (Å²) in [5.74, 6) is 1.79. The SMILES string of the molecule is CC1(C)c2ccccc2-c2ccc(-n3c4ccccc4c4cc(-c5c6ccccc6cc6c7ccccc7n(-c7nc(-c8ccccc8)nc(-c8ccc(-c9ccccc9)cc8)n7)c56)ccc43)cc21. The van der Waals surface area contributed by atoms with Crippen molar-refractivity contribution in [1.29, 1.82) is 0 Å². The summed E-state index contributed by atoms with van der Waals surface area (Å²) in [6.45, 7) is 4.71. The molecule has 0 N–H and O–H groups in total. The first-order chi connectivity index (χ1) is 34.0. The van der Waals surface area contributed by atoms with Crippen LogP contribution >= 0.6 is 0 Å². The van der Waals surface area contributed by atoms with Crippen molar-refractivity contribution in [2.75, 3.05) is 0 Å². The number of nitrogens with zero attached hydrogens (tertiary/aromatic N) is 5. The number of hydrogen-bond donors (Lipinski definition) is 0. The Labute approximate surface area is 399 Å². The highest BCUT2D eigenvalue weighted by Crippen LogP contribution is 2.50. The van der Waals surface area contributed by atoms with Crippen LogP contribution in [0.1, 0.15) is 25.0 Å².